The van der Waals surface area contributed by atoms with Gasteiger partial charge in [-0.25, -0.2) is 0 Å². The van der Waals surface area contributed by atoms with Crippen molar-refractivity contribution < 1.29 is 4.74 Å². The molecule has 2 aromatic heterocycles. The average molecular weight is 388 g/mol. The molecule has 0 radical (unpaired) electrons. The van der Waals surface area contributed by atoms with Crippen LogP contribution in [-0.2, 0) is 4.74 Å². The van der Waals surface area contributed by atoms with Gasteiger partial charge in [0.05, 0.1) is 29.7 Å². The summed E-state index contributed by atoms with van der Waals surface area (Å²) in [7, 11) is 0. The number of nitrogens with zero attached hydrogens (tertiary/aromatic N) is 3. The SMILES string of the molecule is N#Cc1c[nH]c(=O)c2c(-c3cccc(N4CCOCC4)c3)cn(C3CCCC3)c12. The van der Waals surface area contributed by atoms with E-state index in [1.165, 1.54) is 12.8 Å². The van der Waals surface area contributed by atoms with Gasteiger partial charge in [-0.3, -0.25) is 4.79 Å². The third-order valence-corrected chi connectivity index (χ3v) is 6.23. The van der Waals surface area contributed by atoms with Crippen LogP contribution in [0.15, 0.2) is 41.5 Å². The number of nitrogens with one attached hydrogen (secondary N) is 1. The highest BCUT2D eigenvalue weighted by Gasteiger charge is 2.24. The number of nitriles is 1. The third-order valence-electron chi connectivity index (χ3n) is 6.23. The van der Waals surface area contributed by atoms with Crippen LogP contribution < -0.4 is 10.5 Å². The summed E-state index contributed by atoms with van der Waals surface area (Å²) in [5, 5.41) is 10.3. The van der Waals surface area contributed by atoms with Gasteiger partial charge >= 0.3 is 0 Å². The molecule has 3 aromatic rings. The standard InChI is InChI=1S/C23H24N4O2/c24-13-17-14-25-23(28)21-20(15-27(22(17)21)18-5-1-2-6-18)16-4-3-7-19(12-16)26-8-10-29-11-9-26/h3-4,7,12,14-15,18H,1-2,5-6,8-11H2,(H,25,28). The summed E-state index contributed by atoms with van der Waals surface area (Å²) in [6, 6.07) is 11.0. The van der Waals surface area contributed by atoms with Crippen molar-refractivity contribution in [2.75, 3.05) is 31.2 Å². The van der Waals surface area contributed by atoms with Gasteiger partial charge in [0.25, 0.3) is 5.56 Å². The Morgan fingerprint density at radius 3 is 2.72 bits per heavy atom. The predicted octanol–water partition coefficient (Wildman–Crippen LogP) is 3.82. The van der Waals surface area contributed by atoms with Crippen LogP contribution in [0, 0.1) is 11.3 Å². The molecule has 0 amide bonds. The summed E-state index contributed by atoms with van der Waals surface area (Å²) in [6.07, 6.45) is 8.21. The van der Waals surface area contributed by atoms with E-state index in [9.17, 15) is 10.1 Å². The second-order valence-electron chi connectivity index (χ2n) is 7.90. The van der Waals surface area contributed by atoms with Gasteiger partial charge in [0, 0.05) is 42.8 Å². The number of rotatable bonds is 3. The number of aromatic nitrogens is 2. The van der Waals surface area contributed by atoms with Crippen molar-refractivity contribution in [3.8, 4) is 17.2 Å². The summed E-state index contributed by atoms with van der Waals surface area (Å²) >= 11 is 0. The fourth-order valence-corrected chi connectivity index (χ4v) is 4.77. The van der Waals surface area contributed by atoms with Crippen LogP contribution in [0.1, 0.15) is 37.3 Å². The maximum absolute atomic E-state index is 12.9. The molecule has 2 aliphatic rings. The number of hydrogen-bond donors (Lipinski definition) is 1. The van der Waals surface area contributed by atoms with E-state index in [-0.39, 0.29) is 5.56 Å². The van der Waals surface area contributed by atoms with Gasteiger partial charge in [-0.05, 0) is 30.5 Å². The van der Waals surface area contributed by atoms with E-state index in [0.717, 1.165) is 61.5 Å². The minimum Gasteiger partial charge on any atom is -0.378 e. The Bertz CT molecular complexity index is 1140. The molecule has 0 bridgehead atoms. The van der Waals surface area contributed by atoms with E-state index in [2.05, 4.69) is 44.9 Å². The van der Waals surface area contributed by atoms with Gasteiger partial charge in [-0.15, -0.1) is 0 Å². The highest BCUT2D eigenvalue weighted by molar-refractivity contribution is 5.98. The number of aromatic amines is 1. The zero-order valence-electron chi connectivity index (χ0n) is 16.4. The lowest BCUT2D eigenvalue weighted by Crippen LogP contribution is -2.36. The van der Waals surface area contributed by atoms with Gasteiger partial charge in [-0.2, -0.15) is 5.26 Å². The molecule has 0 spiro atoms. The van der Waals surface area contributed by atoms with Crippen molar-refractivity contribution in [3.63, 3.8) is 0 Å². The lowest BCUT2D eigenvalue weighted by atomic mass is 10.0. The minimum atomic E-state index is -0.137. The quantitative estimate of drug-likeness (QED) is 0.740. The Hall–Kier alpha value is -3.04. The molecule has 1 N–H and O–H groups in total. The molecule has 0 unspecified atom stereocenters. The lowest BCUT2D eigenvalue weighted by molar-refractivity contribution is 0.122. The largest absolute Gasteiger partial charge is 0.378 e. The summed E-state index contributed by atoms with van der Waals surface area (Å²) in [5.41, 5.74) is 4.22. The molecule has 1 aromatic carbocycles. The van der Waals surface area contributed by atoms with Crippen molar-refractivity contribution in [1.82, 2.24) is 9.55 Å². The molecule has 29 heavy (non-hydrogen) atoms. The Kier molecular flexibility index (Phi) is 4.61. The zero-order valence-corrected chi connectivity index (χ0v) is 16.4. The predicted molar refractivity (Wildman–Crippen MR) is 113 cm³/mol. The summed E-state index contributed by atoms with van der Waals surface area (Å²) in [5.74, 6) is 0. The Morgan fingerprint density at radius 2 is 1.97 bits per heavy atom. The molecular formula is C23H24N4O2. The van der Waals surface area contributed by atoms with Crippen LogP contribution in [0.4, 0.5) is 5.69 Å². The van der Waals surface area contributed by atoms with Crippen molar-refractivity contribution in [2.45, 2.75) is 31.7 Å². The number of anilines is 1. The van der Waals surface area contributed by atoms with E-state index in [4.69, 9.17) is 4.74 Å². The molecule has 6 heteroatoms. The van der Waals surface area contributed by atoms with E-state index >= 15 is 0 Å². The molecule has 5 rings (SSSR count). The monoisotopic (exact) mass is 388 g/mol. The van der Waals surface area contributed by atoms with Crippen molar-refractivity contribution in [3.05, 3.63) is 52.6 Å². The lowest BCUT2D eigenvalue weighted by Gasteiger charge is -2.29. The summed E-state index contributed by atoms with van der Waals surface area (Å²) in [6.45, 7) is 3.20. The average Bonchev–Trinajstić information content (AvgIpc) is 3.43. The van der Waals surface area contributed by atoms with E-state index < -0.39 is 0 Å². The van der Waals surface area contributed by atoms with Gasteiger partial charge in [0.2, 0.25) is 0 Å². The number of benzene rings is 1. The highest BCUT2D eigenvalue weighted by Crippen LogP contribution is 2.38. The van der Waals surface area contributed by atoms with E-state index in [1.54, 1.807) is 6.20 Å². The van der Waals surface area contributed by atoms with Gasteiger partial charge < -0.3 is 19.2 Å². The molecule has 0 atom stereocenters. The number of pyridine rings is 1. The molecule has 3 heterocycles. The second-order valence-corrected chi connectivity index (χ2v) is 7.90. The zero-order chi connectivity index (χ0) is 19.8. The first-order valence-corrected chi connectivity index (χ1v) is 10.4. The Balaban J connectivity index is 1.69. The first-order valence-electron chi connectivity index (χ1n) is 10.4. The fraction of sp³-hybridized carbons (Fsp3) is 0.391. The molecule has 1 saturated carbocycles. The third kappa shape index (κ3) is 3.12. The van der Waals surface area contributed by atoms with E-state index in [0.29, 0.717) is 17.0 Å². The first kappa shape index (κ1) is 18.0. The number of ether oxygens (including phenoxy) is 1. The normalized spacial score (nSPS) is 17.7. The van der Waals surface area contributed by atoms with Gasteiger partial charge in [-0.1, -0.05) is 25.0 Å². The van der Waals surface area contributed by atoms with Crippen LogP contribution >= 0.6 is 0 Å². The molecule has 6 nitrogen and oxygen atoms in total. The van der Waals surface area contributed by atoms with Crippen molar-refractivity contribution in [2.24, 2.45) is 0 Å². The van der Waals surface area contributed by atoms with Crippen LogP contribution in [0.2, 0.25) is 0 Å². The maximum atomic E-state index is 12.9. The number of H-pyrrole nitrogens is 1. The Morgan fingerprint density at radius 1 is 1.17 bits per heavy atom. The fourth-order valence-electron chi connectivity index (χ4n) is 4.77. The van der Waals surface area contributed by atoms with Crippen molar-refractivity contribution in [1.29, 1.82) is 5.26 Å². The van der Waals surface area contributed by atoms with Gasteiger partial charge in [0.1, 0.15) is 6.07 Å². The maximum Gasteiger partial charge on any atom is 0.258 e. The summed E-state index contributed by atoms with van der Waals surface area (Å²) < 4.78 is 7.66. The topological polar surface area (TPSA) is 74.1 Å². The summed E-state index contributed by atoms with van der Waals surface area (Å²) in [4.78, 5) is 17.9. The first-order chi connectivity index (χ1) is 14.3. The molecule has 1 aliphatic heterocycles. The minimum absolute atomic E-state index is 0.137. The number of morpholine rings is 1. The smallest absolute Gasteiger partial charge is 0.258 e. The van der Waals surface area contributed by atoms with Crippen LogP contribution in [0.25, 0.3) is 22.0 Å². The highest BCUT2D eigenvalue weighted by atomic mass is 16.5. The van der Waals surface area contributed by atoms with Crippen molar-refractivity contribution >= 4 is 16.6 Å². The molecule has 148 valence electrons. The van der Waals surface area contributed by atoms with Crippen LogP contribution in [0.3, 0.4) is 0 Å². The van der Waals surface area contributed by atoms with Crippen LogP contribution in [0.5, 0.6) is 0 Å². The molecule has 1 saturated heterocycles. The Labute approximate surface area is 169 Å². The van der Waals surface area contributed by atoms with Gasteiger partial charge in [0.15, 0.2) is 0 Å². The van der Waals surface area contributed by atoms with Crippen LogP contribution in [-0.4, -0.2) is 35.9 Å². The molecule has 1 aliphatic carbocycles. The molecular weight excluding hydrogens is 364 g/mol. The second kappa shape index (κ2) is 7.41. The number of hydrogen-bond acceptors (Lipinski definition) is 4. The molecule has 2 fully saturated rings. The van der Waals surface area contributed by atoms with E-state index in [1.807, 2.05) is 6.07 Å². The number of fused-ring (bicyclic) bond motifs is 1.